The molecule has 5 atom stereocenters. The van der Waals surface area contributed by atoms with E-state index in [1.807, 2.05) is 18.2 Å². The van der Waals surface area contributed by atoms with Crippen molar-refractivity contribution < 1.29 is 18.0 Å². The van der Waals surface area contributed by atoms with E-state index in [-0.39, 0.29) is 11.7 Å². The fourth-order valence-electron chi connectivity index (χ4n) is 6.65. The number of carbonyl (C=O) groups excluding carboxylic acids is 1. The summed E-state index contributed by atoms with van der Waals surface area (Å²) < 4.78 is 40.1. The maximum Gasteiger partial charge on any atom is 0.418 e. The molecule has 2 N–H and O–H groups in total. The monoisotopic (exact) mass is 462 g/mol. The van der Waals surface area contributed by atoms with Crippen molar-refractivity contribution >= 4 is 17.3 Å². The number of fused-ring (bicyclic) bond motifs is 7. The topological polar surface area (TPSA) is 41.1 Å². The number of amides is 1. The highest BCUT2D eigenvalue weighted by Gasteiger charge is 2.53. The Morgan fingerprint density at radius 2 is 1.65 bits per heavy atom. The van der Waals surface area contributed by atoms with Gasteiger partial charge in [-0.15, -0.1) is 0 Å². The smallest absolute Gasteiger partial charge is 0.378 e. The second kappa shape index (κ2) is 7.90. The van der Waals surface area contributed by atoms with Crippen molar-refractivity contribution in [1.29, 1.82) is 0 Å². The first-order chi connectivity index (χ1) is 16.4. The molecule has 3 aromatic carbocycles. The van der Waals surface area contributed by atoms with Crippen molar-refractivity contribution in [2.24, 2.45) is 17.8 Å². The highest BCUT2D eigenvalue weighted by Crippen LogP contribution is 2.63. The lowest BCUT2D eigenvalue weighted by molar-refractivity contribution is -0.136. The molecule has 2 aliphatic carbocycles. The predicted octanol–water partition coefficient (Wildman–Crippen LogP) is 7.25. The number of benzene rings is 3. The van der Waals surface area contributed by atoms with Crippen LogP contribution in [0.1, 0.15) is 58.3 Å². The molecule has 0 radical (unpaired) electrons. The molecule has 2 saturated carbocycles. The minimum atomic E-state index is -4.54. The van der Waals surface area contributed by atoms with Crippen LogP contribution in [0.15, 0.2) is 72.8 Å². The zero-order chi connectivity index (χ0) is 23.4. The van der Waals surface area contributed by atoms with E-state index in [2.05, 4.69) is 34.9 Å². The van der Waals surface area contributed by atoms with Crippen molar-refractivity contribution in [2.45, 2.75) is 37.4 Å². The van der Waals surface area contributed by atoms with Crippen LogP contribution in [-0.2, 0) is 6.18 Å². The molecular weight excluding hydrogens is 437 g/mol. The molecule has 3 aliphatic rings. The molecule has 3 aromatic rings. The maximum absolute atomic E-state index is 13.4. The number of anilines is 2. The van der Waals surface area contributed by atoms with E-state index in [0.29, 0.717) is 29.2 Å². The molecule has 1 aliphatic heterocycles. The van der Waals surface area contributed by atoms with Crippen LogP contribution in [0.3, 0.4) is 0 Å². The van der Waals surface area contributed by atoms with E-state index in [0.717, 1.165) is 17.3 Å². The minimum absolute atomic E-state index is 0.224. The van der Waals surface area contributed by atoms with Gasteiger partial charge >= 0.3 is 6.18 Å². The summed E-state index contributed by atoms with van der Waals surface area (Å²) in [6.07, 6.45) is -0.898. The fourth-order valence-corrected chi connectivity index (χ4v) is 6.65. The Kier molecular flexibility index (Phi) is 4.94. The van der Waals surface area contributed by atoms with Crippen molar-refractivity contribution in [3.05, 3.63) is 95.1 Å². The van der Waals surface area contributed by atoms with Gasteiger partial charge in [-0.1, -0.05) is 42.5 Å². The summed E-state index contributed by atoms with van der Waals surface area (Å²) in [5, 5.41) is 6.22. The molecular formula is C28H25F3N2O. The lowest BCUT2D eigenvalue weighted by Crippen LogP contribution is -2.35. The van der Waals surface area contributed by atoms with Gasteiger partial charge in [-0.3, -0.25) is 4.79 Å². The Bertz CT molecular complexity index is 1240. The van der Waals surface area contributed by atoms with Gasteiger partial charge in [0.25, 0.3) is 5.91 Å². The summed E-state index contributed by atoms with van der Waals surface area (Å²) in [7, 11) is 0. The van der Waals surface area contributed by atoms with E-state index in [4.69, 9.17) is 0 Å². The van der Waals surface area contributed by atoms with Gasteiger partial charge in [0, 0.05) is 11.3 Å². The number of halogens is 3. The van der Waals surface area contributed by atoms with E-state index in [9.17, 15) is 18.0 Å². The lowest BCUT2D eigenvalue weighted by atomic mass is 9.68. The molecule has 6 rings (SSSR count). The lowest BCUT2D eigenvalue weighted by Gasteiger charge is -2.43. The van der Waals surface area contributed by atoms with Crippen molar-refractivity contribution in [3.8, 4) is 0 Å². The molecule has 0 saturated heterocycles. The summed E-state index contributed by atoms with van der Waals surface area (Å²) in [6.45, 7) is 0. The number of alkyl halides is 3. The third-order valence-electron chi connectivity index (χ3n) is 7.99. The SMILES string of the molecule is O=C(Nc1ccccc1C(F)(F)F)c1ccc2c(c1)[C@@H]1[C@H]3CC[C@@H](C3)[C@H]1[C@@H](c1ccccc1)N2. The maximum atomic E-state index is 13.4. The fraction of sp³-hybridized carbons (Fsp3) is 0.321. The average molecular weight is 463 g/mol. The second-order valence-corrected chi connectivity index (χ2v) is 9.77. The van der Waals surface area contributed by atoms with Gasteiger partial charge in [0.2, 0.25) is 0 Å². The van der Waals surface area contributed by atoms with Gasteiger partial charge in [-0.05, 0) is 84.4 Å². The average Bonchev–Trinajstić information content (AvgIpc) is 3.46. The summed E-state index contributed by atoms with van der Waals surface area (Å²) >= 11 is 0. The van der Waals surface area contributed by atoms with Crippen molar-refractivity contribution in [2.75, 3.05) is 10.6 Å². The van der Waals surface area contributed by atoms with Crippen LogP contribution in [0.4, 0.5) is 24.5 Å². The Hall–Kier alpha value is -3.28. The molecule has 1 amide bonds. The van der Waals surface area contributed by atoms with Crippen LogP contribution in [0, 0.1) is 17.8 Å². The number of carbonyl (C=O) groups is 1. The summed E-state index contributed by atoms with van der Waals surface area (Å²) in [5.41, 5.74) is 2.74. The third-order valence-corrected chi connectivity index (χ3v) is 7.99. The Morgan fingerprint density at radius 3 is 2.44 bits per heavy atom. The molecule has 34 heavy (non-hydrogen) atoms. The van der Waals surface area contributed by atoms with Crippen molar-refractivity contribution in [3.63, 3.8) is 0 Å². The molecule has 2 fully saturated rings. The zero-order valence-corrected chi connectivity index (χ0v) is 18.5. The number of nitrogens with one attached hydrogen (secondary N) is 2. The number of para-hydroxylation sites is 1. The minimum Gasteiger partial charge on any atom is -0.378 e. The van der Waals surface area contributed by atoms with Gasteiger partial charge in [-0.25, -0.2) is 0 Å². The third kappa shape index (κ3) is 3.47. The van der Waals surface area contributed by atoms with E-state index in [1.165, 1.54) is 43.0 Å². The molecule has 0 spiro atoms. The Labute approximate surface area is 196 Å². The molecule has 6 heteroatoms. The van der Waals surface area contributed by atoms with Crippen molar-refractivity contribution in [1.82, 2.24) is 0 Å². The van der Waals surface area contributed by atoms with Crippen LogP contribution in [0.5, 0.6) is 0 Å². The Balaban J connectivity index is 1.34. The molecule has 1 heterocycles. The van der Waals surface area contributed by atoms with E-state index < -0.39 is 17.6 Å². The molecule has 174 valence electrons. The normalized spacial score (nSPS) is 27.0. The second-order valence-electron chi connectivity index (χ2n) is 9.77. The first-order valence-corrected chi connectivity index (χ1v) is 11.8. The number of rotatable bonds is 3. The largest absolute Gasteiger partial charge is 0.418 e. The molecule has 2 bridgehead atoms. The Morgan fingerprint density at radius 1 is 0.912 bits per heavy atom. The van der Waals surface area contributed by atoms with Crippen LogP contribution < -0.4 is 10.6 Å². The number of hydrogen-bond donors (Lipinski definition) is 2. The van der Waals surface area contributed by atoms with Crippen LogP contribution in [-0.4, -0.2) is 5.91 Å². The highest BCUT2D eigenvalue weighted by molar-refractivity contribution is 6.05. The first kappa shape index (κ1) is 21.3. The molecule has 0 aromatic heterocycles. The van der Waals surface area contributed by atoms with Gasteiger partial charge in [0.05, 0.1) is 17.3 Å². The standard InChI is InChI=1S/C28H25F3N2O/c29-28(30,31)21-8-4-5-9-23(21)33-27(34)19-12-13-22-20(15-19)24-17-10-11-18(14-17)25(24)26(32-22)16-6-2-1-3-7-16/h1-9,12-13,15,17-18,24-26,32H,10-11,14H2,(H,33,34)/t17-,18-,24-,25+,26+/m0/s1. The van der Waals surface area contributed by atoms with Gasteiger partial charge in [-0.2, -0.15) is 13.2 Å². The van der Waals surface area contributed by atoms with Crippen LogP contribution in [0.2, 0.25) is 0 Å². The first-order valence-electron chi connectivity index (χ1n) is 11.8. The summed E-state index contributed by atoms with van der Waals surface area (Å²) in [4.78, 5) is 13.0. The highest BCUT2D eigenvalue weighted by atomic mass is 19.4. The molecule has 3 nitrogen and oxygen atoms in total. The van der Waals surface area contributed by atoms with Gasteiger partial charge < -0.3 is 10.6 Å². The summed E-state index contributed by atoms with van der Waals surface area (Å²) in [5.74, 6) is 1.53. The summed E-state index contributed by atoms with van der Waals surface area (Å²) in [6, 6.07) is 21.3. The van der Waals surface area contributed by atoms with Gasteiger partial charge in [0.15, 0.2) is 0 Å². The number of hydrogen-bond acceptors (Lipinski definition) is 2. The molecule has 0 unspecified atom stereocenters. The zero-order valence-electron chi connectivity index (χ0n) is 18.5. The van der Waals surface area contributed by atoms with Crippen LogP contribution >= 0.6 is 0 Å². The van der Waals surface area contributed by atoms with Gasteiger partial charge in [0.1, 0.15) is 0 Å². The predicted molar refractivity (Wildman–Crippen MR) is 126 cm³/mol. The van der Waals surface area contributed by atoms with E-state index >= 15 is 0 Å². The quantitative estimate of drug-likeness (QED) is 0.430. The van der Waals surface area contributed by atoms with E-state index in [1.54, 1.807) is 6.07 Å². The van der Waals surface area contributed by atoms with Crippen LogP contribution in [0.25, 0.3) is 0 Å².